The average Bonchev–Trinajstić information content (AvgIpc) is 3.42. The van der Waals surface area contributed by atoms with Crippen LogP contribution < -0.4 is 5.43 Å². The van der Waals surface area contributed by atoms with Crippen LogP contribution >= 0.6 is 34.4 Å². The van der Waals surface area contributed by atoms with Crippen LogP contribution in [0.2, 0.25) is 0 Å². The van der Waals surface area contributed by atoms with E-state index < -0.39 is 5.97 Å². The minimum Gasteiger partial charge on any atom is -0.462 e. The first-order valence-corrected chi connectivity index (χ1v) is 12.2. The van der Waals surface area contributed by atoms with E-state index in [2.05, 4.69) is 27.0 Å². The lowest BCUT2D eigenvalue weighted by Gasteiger charge is -2.08. The van der Waals surface area contributed by atoms with Gasteiger partial charge in [0.25, 0.3) is 0 Å². The molecule has 10 heteroatoms. The molecule has 0 atom stereocenters. The first kappa shape index (κ1) is 22.5. The molecule has 0 saturated carbocycles. The Hall–Kier alpha value is -3.70. The number of hydrogen-bond acceptors (Lipinski definition) is 10. The average molecular weight is 490 g/mol. The topological polar surface area (TPSA) is 111 Å². The number of fused-ring (bicyclic) bond motifs is 1. The lowest BCUT2D eigenvalue weighted by molar-refractivity contribution is 0.0528. The summed E-state index contributed by atoms with van der Waals surface area (Å²) in [5, 5.41) is 26.2. The van der Waals surface area contributed by atoms with Crippen molar-refractivity contribution in [2.75, 3.05) is 12.0 Å². The summed E-state index contributed by atoms with van der Waals surface area (Å²) < 4.78 is 6.86. The molecule has 33 heavy (non-hydrogen) atoms. The molecular formula is C23H15N5O2S3. The Labute approximate surface area is 202 Å². The van der Waals surface area contributed by atoms with Crippen LogP contribution in [0.25, 0.3) is 21.3 Å². The van der Waals surface area contributed by atoms with Gasteiger partial charge in [0.05, 0.1) is 21.0 Å². The van der Waals surface area contributed by atoms with Crippen molar-refractivity contribution in [3.63, 3.8) is 0 Å². The predicted octanol–water partition coefficient (Wildman–Crippen LogP) is 6.11. The van der Waals surface area contributed by atoms with Gasteiger partial charge in [-0.3, -0.25) is 5.43 Å². The second-order valence-corrected chi connectivity index (χ2v) is 9.52. The van der Waals surface area contributed by atoms with Crippen LogP contribution in [-0.4, -0.2) is 23.3 Å². The van der Waals surface area contributed by atoms with E-state index in [1.54, 1.807) is 6.92 Å². The van der Waals surface area contributed by atoms with E-state index in [-0.39, 0.29) is 17.9 Å². The SMILES string of the molecule is CCOC(=O)c1c(N/N=C(\C#N)c2nc3ccccc3s2)sc(SC#N)c1-c1ccccc1. The molecule has 0 aliphatic carbocycles. The molecule has 0 spiro atoms. The van der Waals surface area contributed by atoms with Gasteiger partial charge in [-0.2, -0.15) is 15.6 Å². The molecule has 2 aromatic heterocycles. The molecule has 0 amide bonds. The lowest BCUT2D eigenvalue weighted by Crippen LogP contribution is -2.08. The fourth-order valence-electron chi connectivity index (χ4n) is 3.07. The number of nitriles is 2. The molecule has 0 fully saturated rings. The highest BCUT2D eigenvalue weighted by molar-refractivity contribution is 8.05. The van der Waals surface area contributed by atoms with Crippen molar-refractivity contribution < 1.29 is 9.53 Å². The van der Waals surface area contributed by atoms with E-state index in [9.17, 15) is 15.3 Å². The van der Waals surface area contributed by atoms with Gasteiger partial charge < -0.3 is 4.74 Å². The Morgan fingerprint density at radius 2 is 1.91 bits per heavy atom. The number of nitrogens with one attached hydrogen (secondary N) is 1. The number of hydrazone groups is 1. The van der Waals surface area contributed by atoms with Gasteiger partial charge in [-0.1, -0.05) is 42.5 Å². The molecule has 0 bridgehead atoms. The fraction of sp³-hybridized carbons (Fsp3) is 0.0870. The zero-order valence-corrected chi connectivity index (χ0v) is 19.7. The maximum atomic E-state index is 12.9. The van der Waals surface area contributed by atoms with E-state index >= 15 is 0 Å². The van der Waals surface area contributed by atoms with Crippen LogP contribution in [0.5, 0.6) is 0 Å². The highest BCUT2D eigenvalue weighted by atomic mass is 32.2. The van der Waals surface area contributed by atoms with Crippen molar-refractivity contribution in [1.29, 1.82) is 10.5 Å². The van der Waals surface area contributed by atoms with Crippen LogP contribution in [0.4, 0.5) is 5.00 Å². The number of carbonyl (C=O) groups is 1. The van der Waals surface area contributed by atoms with E-state index in [0.717, 1.165) is 27.5 Å². The van der Waals surface area contributed by atoms with Crippen LogP contribution in [0.3, 0.4) is 0 Å². The summed E-state index contributed by atoms with van der Waals surface area (Å²) in [6.07, 6.45) is 0. The molecular weight excluding hydrogens is 474 g/mol. The molecule has 162 valence electrons. The van der Waals surface area contributed by atoms with Crippen LogP contribution in [0.1, 0.15) is 22.3 Å². The van der Waals surface area contributed by atoms with Gasteiger partial charge >= 0.3 is 5.97 Å². The lowest BCUT2D eigenvalue weighted by atomic mass is 10.0. The van der Waals surface area contributed by atoms with E-state index in [1.807, 2.05) is 54.6 Å². The summed E-state index contributed by atoms with van der Waals surface area (Å²) in [5.74, 6) is -0.534. The fourth-order valence-corrected chi connectivity index (χ4v) is 5.79. The van der Waals surface area contributed by atoms with Crippen molar-refractivity contribution in [1.82, 2.24) is 4.98 Å². The van der Waals surface area contributed by atoms with Gasteiger partial charge in [0.15, 0.2) is 10.7 Å². The number of thiophene rings is 1. The maximum absolute atomic E-state index is 12.9. The molecule has 7 nitrogen and oxygen atoms in total. The summed E-state index contributed by atoms with van der Waals surface area (Å²) in [6, 6.07) is 19.0. The standard InChI is InChI=1S/C23H15N5O2S3/c1-2-30-22(29)19-18(14-8-4-3-5-9-14)23(31-13-25)33-21(19)28-27-16(12-24)20-26-15-10-6-7-11-17(15)32-20/h3-11,28H,2H2,1H3/b27-16+. The third-order valence-corrected chi connectivity index (χ3v) is 7.34. The third kappa shape index (κ3) is 4.73. The van der Waals surface area contributed by atoms with Gasteiger partial charge in [0.1, 0.15) is 22.0 Å². The predicted molar refractivity (Wildman–Crippen MR) is 133 cm³/mol. The second kappa shape index (κ2) is 10.3. The summed E-state index contributed by atoms with van der Waals surface area (Å²) in [6.45, 7) is 1.92. The van der Waals surface area contributed by atoms with Crippen molar-refractivity contribution in [3.05, 3.63) is 65.2 Å². The third-order valence-electron chi connectivity index (χ3n) is 4.43. The van der Waals surface area contributed by atoms with Gasteiger partial charge in [0, 0.05) is 17.3 Å². The number of ether oxygens (including phenoxy) is 1. The number of nitrogens with zero attached hydrogens (tertiary/aromatic N) is 4. The van der Waals surface area contributed by atoms with Gasteiger partial charge in [-0.15, -0.1) is 22.7 Å². The number of thiazole rings is 1. The number of carbonyl (C=O) groups excluding carboxylic acids is 1. The molecule has 4 rings (SSSR count). The van der Waals surface area contributed by atoms with E-state index in [0.29, 0.717) is 19.8 Å². The number of benzene rings is 2. The molecule has 4 aromatic rings. The van der Waals surface area contributed by atoms with Gasteiger partial charge in [-0.25, -0.2) is 9.78 Å². The van der Waals surface area contributed by atoms with E-state index in [1.165, 1.54) is 22.7 Å². The molecule has 0 aliphatic rings. The Kier molecular flexibility index (Phi) is 7.01. The summed E-state index contributed by atoms with van der Waals surface area (Å²) in [4.78, 5) is 17.4. The maximum Gasteiger partial charge on any atom is 0.341 e. The smallest absolute Gasteiger partial charge is 0.341 e. The Morgan fingerprint density at radius 1 is 1.15 bits per heavy atom. The molecule has 1 N–H and O–H groups in total. The zero-order valence-electron chi connectivity index (χ0n) is 17.2. The number of rotatable bonds is 7. The summed E-state index contributed by atoms with van der Waals surface area (Å²) >= 11 is 3.52. The number of thioether (sulfide) groups is 1. The number of aromatic nitrogens is 1. The largest absolute Gasteiger partial charge is 0.462 e. The number of thiocyanates is 1. The van der Waals surface area contributed by atoms with Crippen LogP contribution in [0.15, 0.2) is 63.9 Å². The number of esters is 1. The van der Waals surface area contributed by atoms with Crippen LogP contribution in [0, 0.1) is 22.0 Å². The second-order valence-electron chi connectivity index (χ2n) is 6.42. The Bertz CT molecular complexity index is 1400. The Morgan fingerprint density at radius 3 is 2.61 bits per heavy atom. The Balaban J connectivity index is 1.80. The minimum atomic E-state index is -0.534. The highest BCUT2D eigenvalue weighted by Crippen LogP contribution is 2.45. The summed E-state index contributed by atoms with van der Waals surface area (Å²) in [7, 11) is 0. The molecule has 2 aromatic carbocycles. The van der Waals surface area contributed by atoms with Gasteiger partial charge in [-0.05, 0) is 24.6 Å². The number of hydrogen-bond donors (Lipinski definition) is 1. The molecule has 0 unspecified atom stereocenters. The molecule has 0 aliphatic heterocycles. The first-order chi connectivity index (χ1) is 16.2. The zero-order chi connectivity index (χ0) is 23.2. The monoisotopic (exact) mass is 489 g/mol. The number of anilines is 1. The first-order valence-electron chi connectivity index (χ1n) is 9.71. The van der Waals surface area contributed by atoms with Gasteiger partial charge in [0.2, 0.25) is 0 Å². The normalized spacial score (nSPS) is 11.1. The van der Waals surface area contributed by atoms with Crippen LogP contribution in [-0.2, 0) is 4.74 Å². The van der Waals surface area contributed by atoms with Crippen molar-refractivity contribution in [2.45, 2.75) is 11.1 Å². The molecule has 0 saturated heterocycles. The highest BCUT2D eigenvalue weighted by Gasteiger charge is 2.26. The molecule has 0 radical (unpaired) electrons. The molecule has 2 heterocycles. The van der Waals surface area contributed by atoms with Crippen molar-refractivity contribution in [3.8, 4) is 22.6 Å². The minimum absolute atomic E-state index is 0.0927. The van der Waals surface area contributed by atoms with E-state index in [4.69, 9.17) is 4.74 Å². The quantitative estimate of drug-likeness (QED) is 0.109. The number of para-hydroxylation sites is 1. The van der Waals surface area contributed by atoms with Crippen molar-refractivity contribution in [2.24, 2.45) is 5.10 Å². The van der Waals surface area contributed by atoms with Crippen molar-refractivity contribution >= 4 is 61.3 Å². The summed E-state index contributed by atoms with van der Waals surface area (Å²) in [5.41, 5.74) is 5.38.